The second kappa shape index (κ2) is 7.93. The largest absolute Gasteiger partial charge is 0.382 e. The molecule has 0 fully saturated rings. The summed E-state index contributed by atoms with van der Waals surface area (Å²) in [6, 6.07) is 8.27. The zero-order valence-electron chi connectivity index (χ0n) is 13.4. The lowest BCUT2D eigenvalue weighted by Gasteiger charge is -2.21. The number of carbonyl (C=O) groups excluding carboxylic acids is 1. The van der Waals surface area contributed by atoms with Gasteiger partial charge >= 0.3 is 0 Å². The Hall–Kier alpha value is -1.51. The molecule has 2 unspecified atom stereocenters. The molecule has 0 aliphatic carbocycles. The molecule has 1 rings (SSSR count). The number of nitrogens with zero attached hydrogens (tertiary/aromatic N) is 1. The van der Waals surface area contributed by atoms with Crippen LogP contribution in [0.3, 0.4) is 0 Å². The molecular formula is C17H28N2O. The van der Waals surface area contributed by atoms with Gasteiger partial charge in [-0.3, -0.25) is 4.79 Å². The molecule has 3 nitrogen and oxygen atoms in total. The van der Waals surface area contributed by atoms with Gasteiger partial charge in [0.15, 0.2) is 0 Å². The SMILES string of the molecule is CCC(C)CC(CC)Nc1ccc(C(=O)N(C)C)cc1. The van der Waals surface area contributed by atoms with Crippen LogP contribution < -0.4 is 5.32 Å². The highest BCUT2D eigenvalue weighted by atomic mass is 16.2. The molecule has 20 heavy (non-hydrogen) atoms. The van der Waals surface area contributed by atoms with E-state index in [4.69, 9.17) is 0 Å². The van der Waals surface area contributed by atoms with Crippen LogP contribution in [0.1, 0.15) is 50.4 Å². The summed E-state index contributed by atoms with van der Waals surface area (Å²) in [7, 11) is 3.54. The Morgan fingerprint density at radius 1 is 1.15 bits per heavy atom. The van der Waals surface area contributed by atoms with Crippen molar-refractivity contribution in [3.8, 4) is 0 Å². The van der Waals surface area contributed by atoms with E-state index in [0.717, 1.165) is 23.6 Å². The standard InChI is InChI=1S/C17H28N2O/c1-6-13(3)12-15(7-2)18-16-10-8-14(9-11-16)17(20)19(4)5/h8-11,13,15,18H,6-7,12H2,1-5H3. The molecule has 1 aromatic rings. The van der Waals surface area contributed by atoms with Crippen molar-refractivity contribution in [2.75, 3.05) is 19.4 Å². The second-order valence-corrected chi connectivity index (χ2v) is 5.78. The summed E-state index contributed by atoms with van der Waals surface area (Å²) in [6.07, 6.45) is 3.52. The Morgan fingerprint density at radius 2 is 1.75 bits per heavy atom. The molecule has 0 aliphatic heterocycles. The molecule has 0 radical (unpaired) electrons. The van der Waals surface area contributed by atoms with Gasteiger partial charge in [0.25, 0.3) is 5.91 Å². The average Bonchev–Trinajstić information content (AvgIpc) is 2.46. The maximum atomic E-state index is 11.8. The lowest BCUT2D eigenvalue weighted by Crippen LogP contribution is -2.22. The first-order valence-electron chi connectivity index (χ1n) is 7.56. The summed E-state index contributed by atoms with van der Waals surface area (Å²) in [6.45, 7) is 6.74. The maximum absolute atomic E-state index is 11.8. The Morgan fingerprint density at radius 3 is 2.20 bits per heavy atom. The van der Waals surface area contributed by atoms with Crippen molar-refractivity contribution in [3.63, 3.8) is 0 Å². The molecule has 1 amide bonds. The lowest BCUT2D eigenvalue weighted by atomic mass is 9.97. The van der Waals surface area contributed by atoms with Crippen molar-refractivity contribution in [1.82, 2.24) is 4.90 Å². The van der Waals surface area contributed by atoms with Crippen molar-refractivity contribution < 1.29 is 4.79 Å². The zero-order chi connectivity index (χ0) is 15.1. The van der Waals surface area contributed by atoms with Crippen LogP contribution in [0.5, 0.6) is 0 Å². The van der Waals surface area contributed by atoms with Gasteiger partial charge < -0.3 is 10.2 Å². The molecule has 3 heteroatoms. The van der Waals surface area contributed by atoms with Crippen LogP contribution >= 0.6 is 0 Å². The van der Waals surface area contributed by atoms with E-state index in [1.165, 1.54) is 12.8 Å². The molecule has 0 aromatic heterocycles. The molecule has 0 spiro atoms. The van der Waals surface area contributed by atoms with E-state index in [0.29, 0.717) is 6.04 Å². The molecule has 2 atom stereocenters. The van der Waals surface area contributed by atoms with Gasteiger partial charge in [-0.25, -0.2) is 0 Å². The van der Waals surface area contributed by atoms with Crippen molar-refractivity contribution >= 4 is 11.6 Å². The highest BCUT2D eigenvalue weighted by molar-refractivity contribution is 5.94. The number of hydrogen-bond acceptors (Lipinski definition) is 2. The molecule has 112 valence electrons. The summed E-state index contributed by atoms with van der Waals surface area (Å²) in [4.78, 5) is 13.4. The zero-order valence-corrected chi connectivity index (χ0v) is 13.4. The normalized spacial score (nSPS) is 13.7. The molecule has 1 aromatic carbocycles. The lowest BCUT2D eigenvalue weighted by molar-refractivity contribution is 0.0827. The van der Waals surface area contributed by atoms with Gasteiger partial charge in [0.1, 0.15) is 0 Å². The number of rotatable bonds is 7. The fourth-order valence-corrected chi connectivity index (χ4v) is 2.18. The van der Waals surface area contributed by atoms with E-state index in [2.05, 4.69) is 26.1 Å². The van der Waals surface area contributed by atoms with Gasteiger partial charge in [-0.1, -0.05) is 27.2 Å². The van der Waals surface area contributed by atoms with Crippen molar-refractivity contribution in [2.24, 2.45) is 5.92 Å². The van der Waals surface area contributed by atoms with E-state index >= 15 is 0 Å². The molecule has 0 saturated carbocycles. The van der Waals surface area contributed by atoms with Gasteiger partial charge in [-0.2, -0.15) is 0 Å². The van der Waals surface area contributed by atoms with Crippen molar-refractivity contribution in [2.45, 2.75) is 46.1 Å². The van der Waals surface area contributed by atoms with E-state index in [1.54, 1.807) is 19.0 Å². The Bertz CT molecular complexity index is 412. The van der Waals surface area contributed by atoms with Gasteiger partial charge in [-0.05, 0) is 43.0 Å². The maximum Gasteiger partial charge on any atom is 0.253 e. The number of benzene rings is 1. The smallest absolute Gasteiger partial charge is 0.253 e. The number of anilines is 1. The Kier molecular flexibility index (Phi) is 6.56. The summed E-state index contributed by atoms with van der Waals surface area (Å²) >= 11 is 0. The molecular weight excluding hydrogens is 248 g/mol. The predicted molar refractivity (Wildman–Crippen MR) is 86.2 cm³/mol. The molecule has 0 bridgehead atoms. The van der Waals surface area contributed by atoms with Crippen LogP contribution in [-0.4, -0.2) is 30.9 Å². The summed E-state index contributed by atoms with van der Waals surface area (Å²) < 4.78 is 0. The minimum atomic E-state index is 0.0446. The first kappa shape index (κ1) is 16.5. The highest BCUT2D eigenvalue weighted by Crippen LogP contribution is 2.18. The summed E-state index contributed by atoms with van der Waals surface area (Å²) in [5, 5.41) is 3.56. The van der Waals surface area contributed by atoms with Crippen LogP contribution in [-0.2, 0) is 0 Å². The van der Waals surface area contributed by atoms with Crippen molar-refractivity contribution in [1.29, 1.82) is 0 Å². The topological polar surface area (TPSA) is 32.3 Å². The number of amides is 1. The minimum absolute atomic E-state index is 0.0446. The van der Waals surface area contributed by atoms with Gasteiger partial charge in [0.2, 0.25) is 0 Å². The number of nitrogens with one attached hydrogen (secondary N) is 1. The minimum Gasteiger partial charge on any atom is -0.382 e. The van der Waals surface area contributed by atoms with Crippen LogP contribution in [0.15, 0.2) is 24.3 Å². The number of hydrogen-bond donors (Lipinski definition) is 1. The van der Waals surface area contributed by atoms with Gasteiger partial charge in [-0.15, -0.1) is 0 Å². The predicted octanol–water partition coefficient (Wildman–Crippen LogP) is 4.02. The molecule has 0 heterocycles. The van der Waals surface area contributed by atoms with Gasteiger partial charge in [0.05, 0.1) is 0 Å². The molecule has 1 N–H and O–H groups in total. The number of carbonyl (C=O) groups is 1. The first-order valence-corrected chi connectivity index (χ1v) is 7.56. The monoisotopic (exact) mass is 276 g/mol. The van der Waals surface area contributed by atoms with Crippen LogP contribution in [0.2, 0.25) is 0 Å². The summed E-state index contributed by atoms with van der Waals surface area (Å²) in [5.41, 5.74) is 1.82. The van der Waals surface area contributed by atoms with E-state index < -0.39 is 0 Å². The third-order valence-electron chi connectivity index (χ3n) is 3.79. The van der Waals surface area contributed by atoms with E-state index in [9.17, 15) is 4.79 Å². The van der Waals surface area contributed by atoms with Gasteiger partial charge in [0, 0.05) is 31.4 Å². The second-order valence-electron chi connectivity index (χ2n) is 5.78. The third-order valence-corrected chi connectivity index (χ3v) is 3.79. The van der Waals surface area contributed by atoms with E-state index in [1.807, 2.05) is 24.3 Å². The third kappa shape index (κ3) is 4.87. The van der Waals surface area contributed by atoms with Crippen molar-refractivity contribution in [3.05, 3.63) is 29.8 Å². The Balaban J connectivity index is 2.66. The molecule has 0 aliphatic rings. The highest BCUT2D eigenvalue weighted by Gasteiger charge is 2.11. The van der Waals surface area contributed by atoms with E-state index in [-0.39, 0.29) is 5.91 Å². The first-order chi connectivity index (χ1) is 9.47. The fourth-order valence-electron chi connectivity index (χ4n) is 2.18. The summed E-state index contributed by atoms with van der Waals surface area (Å²) in [5.74, 6) is 0.783. The van der Waals surface area contributed by atoms with Crippen LogP contribution in [0.4, 0.5) is 5.69 Å². The molecule has 0 saturated heterocycles. The fraction of sp³-hybridized carbons (Fsp3) is 0.588. The van der Waals surface area contributed by atoms with Crippen LogP contribution in [0.25, 0.3) is 0 Å². The average molecular weight is 276 g/mol. The Labute approximate surface area is 123 Å². The quantitative estimate of drug-likeness (QED) is 0.816. The van der Waals surface area contributed by atoms with Crippen LogP contribution in [0, 0.1) is 5.92 Å².